The second-order valence-electron chi connectivity index (χ2n) is 2.70. The Morgan fingerprint density at radius 2 is 2.00 bits per heavy atom. The molecule has 0 aliphatic heterocycles. The molecule has 0 amide bonds. The van der Waals surface area contributed by atoms with Crippen molar-refractivity contribution < 1.29 is 0 Å². The van der Waals surface area contributed by atoms with Crippen molar-refractivity contribution in [1.82, 2.24) is 0 Å². The van der Waals surface area contributed by atoms with Crippen molar-refractivity contribution in [3.8, 4) is 0 Å². The van der Waals surface area contributed by atoms with E-state index in [0.29, 0.717) is 0 Å². The van der Waals surface area contributed by atoms with Crippen LogP contribution in [0, 0.1) is 5.92 Å². The molecular weight excluding hydrogens is 132 g/mol. The van der Waals surface area contributed by atoms with Crippen LogP contribution in [0.25, 0.3) is 0 Å². The quantitative estimate of drug-likeness (QED) is 0.414. The van der Waals surface area contributed by atoms with Crippen molar-refractivity contribution >= 4 is 11.6 Å². The molecule has 1 heteroatoms. The minimum Gasteiger partial charge on any atom is -0.127 e. The van der Waals surface area contributed by atoms with Crippen LogP contribution in [0.5, 0.6) is 0 Å². The van der Waals surface area contributed by atoms with Gasteiger partial charge in [0.25, 0.3) is 0 Å². The highest BCUT2D eigenvalue weighted by molar-refractivity contribution is 6.17. The van der Waals surface area contributed by atoms with Gasteiger partial charge in [0.1, 0.15) is 0 Å². The van der Waals surface area contributed by atoms with Crippen LogP contribution in [-0.4, -0.2) is 5.88 Å². The normalized spacial score (nSPS) is 13.7. The molecule has 9 heavy (non-hydrogen) atoms. The van der Waals surface area contributed by atoms with Crippen molar-refractivity contribution in [3.63, 3.8) is 0 Å². The minimum absolute atomic E-state index is 0.830. The molecule has 0 spiro atoms. The van der Waals surface area contributed by atoms with Crippen LogP contribution >= 0.6 is 11.6 Å². The summed E-state index contributed by atoms with van der Waals surface area (Å²) >= 11 is 5.53. The summed E-state index contributed by atoms with van der Waals surface area (Å²) in [6.45, 7) is 4.54. The van der Waals surface area contributed by atoms with Gasteiger partial charge in [-0.05, 0) is 12.3 Å². The molecule has 0 radical (unpaired) electrons. The summed E-state index contributed by atoms with van der Waals surface area (Å²) in [4.78, 5) is 0. The molecule has 0 saturated heterocycles. The summed E-state index contributed by atoms with van der Waals surface area (Å²) in [6.07, 6.45) is 5.15. The zero-order valence-electron chi connectivity index (χ0n) is 6.49. The first-order valence-corrected chi connectivity index (χ1v) is 4.40. The summed E-state index contributed by atoms with van der Waals surface area (Å²) in [7, 11) is 0. The fourth-order valence-electron chi connectivity index (χ4n) is 0.791. The molecule has 0 aromatic heterocycles. The Labute approximate surface area is 63.6 Å². The molecule has 0 heterocycles. The van der Waals surface area contributed by atoms with Gasteiger partial charge in [0.15, 0.2) is 0 Å². The summed E-state index contributed by atoms with van der Waals surface area (Å²) in [6, 6.07) is 0. The maximum Gasteiger partial charge on any atom is 0.0223 e. The molecule has 0 aliphatic carbocycles. The number of hydrogen-bond donors (Lipinski definition) is 0. The number of alkyl halides is 1. The molecule has 0 saturated carbocycles. The van der Waals surface area contributed by atoms with Gasteiger partial charge < -0.3 is 0 Å². The summed E-state index contributed by atoms with van der Waals surface area (Å²) < 4.78 is 0. The first-order valence-electron chi connectivity index (χ1n) is 3.87. The summed E-state index contributed by atoms with van der Waals surface area (Å²) in [5.74, 6) is 1.73. The summed E-state index contributed by atoms with van der Waals surface area (Å²) in [5, 5.41) is 0. The van der Waals surface area contributed by atoms with E-state index >= 15 is 0 Å². The fourth-order valence-corrected chi connectivity index (χ4v) is 0.980. The minimum atomic E-state index is 0.830. The van der Waals surface area contributed by atoms with Crippen molar-refractivity contribution in [2.75, 3.05) is 5.88 Å². The molecule has 0 aromatic rings. The summed E-state index contributed by atoms with van der Waals surface area (Å²) in [5.41, 5.74) is 0. The van der Waals surface area contributed by atoms with Gasteiger partial charge in [0, 0.05) is 5.88 Å². The average Bonchev–Trinajstić information content (AvgIpc) is 1.89. The molecule has 56 valence electrons. The number of halogens is 1. The van der Waals surface area contributed by atoms with Crippen molar-refractivity contribution in [3.05, 3.63) is 0 Å². The van der Waals surface area contributed by atoms with Crippen LogP contribution in [0.1, 0.15) is 39.5 Å². The first-order chi connectivity index (χ1) is 4.31. The Morgan fingerprint density at radius 1 is 1.33 bits per heavy atom. The monoisotopic (exact) mass is 148 g/mol. The Hall–Kier alpha value is 0.290. The smallest absolute Gasteiger partial charge is 0.0223 e. The third-order valence-corrected chi connectivity index (χ3v) is 2.04. The molecular formula is C8H17Cl. The lowest BCUT2D eigenvalue weighted by atomic mass is 10.0. The highest BCUT2D eigenvalue weighted by atomic mass is 35.5. The van der Waals surface area contributed by atoms with Crippen molar-refractivity contribution in [2.24, 2.45) is 5.92 Å². The maximum atomic E-state index is 5.53. The predicted octanol–water partition coefficient (Wildman–Crippen LogP) is 3.44. The van der Waals surface area contributed by atoms with Crippen LogP contribution in [0.4, 0.5) is 0 Å². The van der Waals surface area contributed by atoms with E-state index in [-0.39, 0.29) is 0 Å². The molecule has 0 bridgehead atoms. The highest BCUT2D eigenvalue weighted by Crippen LogP contribution is 2.10. The van der Waals surface area contributed by atoms with Gasteiger partial charge in [-0.3, -0.25) is 0 Å². The van der Waals surface area contributed by atoms with Crippen LogP contribution < -0.4 is 0 Å². The lowest BCUT2D eigenvalue weighted by Gasteiger charge is -2.05. The van der Waals surface area contributed by atoms with E-state index in [2.05, 4.69) is 13.8 Å². The molecule has 1 atom stereocenters. The molecule has 0 rings (SSSR count). The lowest BCUT2D eigenvalue weighted by molar-refractivity contribution is 0.492. The number of unbranched alkanes of at least 4 members (excludes halogenated alkanes) is 1. The second-order valence-corrected chi connectivity index (χ2v) is 3.08. The van der Waals surface area contributed by atoms with Gasteiger partial charge in [-0.25, -0.2) is 0 Å². The number of hydrogen-bond acceptors (Lipinski definition) is 0. The van der Waals surface area contributed by atoms with Crippen molar-refractivity contribution in [1.29, 1.82) is 0 Å². The maximum absolute atomic E-state index is 5.53. The van der Waals surface area contributed by atoms with Gasteiger partial charge in [-0.2, -0.15) is 0 Å². The number of rotatable bonds is 5. The van der Waals surface area contributed by atoms with E-state index in [9.17, 15) is 0 Å². The fraction of sp³-hybridized carbons (Fsp3) is 1.00. The van der Waals surface area contributed by atoms with Gasteiger partial charge in [-0.1, -0.05) is 33.1 Å². The first kappa shape index (κ1) is 9.29. The SMILES string of the molecule is CC[C@@H](C)CCCCCl. The zero-order valence-corrected chi connectivity index (χ0v) is 7.25. The Bertz CT molecular complexity index is 52.5. The van der Waals surface area contributed by atoms with E-state index in [1.165, 1.54) is 25.7 Å². The van der Waals surface area contributed by atoms with E-state index < -0.39 is 0 Å². The van der Waals surface area contributed by atoms with E-state index in [4.69, 9.17) is 11.6 Å². The van der Waals surface area contributed by atoms with E-state index in [1.54, 1.807) is 0 Å². The van der Waals surface area contributed by atoms with Gasteiger partial charge in [0.05, 0.1) is 0 Å². The third kappa shape index (κ3) is 6.17. The molecule has 0 nitrogen and oxygen atoms in total. The molecule has 0 unspecified atom stereocenters. The Kier molecular flexibility index (Phi) is 6.62. The largest absolute Gasteiger partial charge is 0.127 e. The zero-order chi connectivity index (χ0) is 7.11. The molecule has 0 fully saturated rings. The topological polar surface area (TPSA) is 0 Å². The molecule has 0 aliphatic rings. The van der Waals surface area contributed by atoms with Gasteiger partial charge in [-0.15, -0.1) is 11.6 Å². The molecule has 0 N–H and O–H groups in total. The van der Waals surface area contributed by atoms with Crippen LogP contribution in [0.15, 0.2) is 0 Å². The Balaban J connectivity index is 2.88. The van der Waals surface area contributed by atoms with Gasteiger partial charge in [0.2, 0.25) is 0 Å². The lowest BCUT2D eigenvalue weighted by Crippen LogP contribution is -1.91. The third-order valence-electron chi connectivity index (χ3n) is 1.78. The Morgan fingerprint density at radius 3 is 2.44 bits per heavy atom. The van der Waals surface area contributed by atoms with Crippen LogP contribution in [0.2, 0.25) is 0 Å². The molecule has 0 aromatic carbocycles. The van der Waals surface area contributed by atoms with E-state index in [0.717, 1.165) is 11.8 Å². The average molecular weight is 149 g/mol. The second kappa shape index (κ2) is 6.41. The standard InChI is InChI=1S/C8H17Cl/c1-3-8(2)6-4-5-7-9/h8H,3-7H2,1-2H3/t8-/m1/s1. The van der Waals surface area contributed by atoms with E-state index in [1.807, 2.05) is 0 Å². The highest BCUT2D eigenvalue weighted by Gasteiger charge is 1.96. The van der Waals surface area contributed by atoms with Crippen LogP contribution in [0.3, 0.4) is 0 Å². The van der Waals surface area contributed by atoms with Crippen LogP contribution in [-0.2, 0) is 0 Å². The van der Waals surface area contributed by atoms with Crippen molar-refractivity contribution in [2.45, 2.75) is 39.5 Å². The van der Waals surface area contributed by atoms with Gasteiger partial charge >= 0.3 is 0 Å². The predicted molar refractivity (Wildman–Crippen MR) is 44.0 cm³/mol.